The number of hydrogen-bond acceptors (Lipinski definition) is 7. The summed E-state index contributed by atoms with van der Waals surface area (Å²) in [6.07, 6.45) is 4.71. The molecule has 0 unspecified atom stereocenters. The van der Waals surface area contributed by atoms with Gasteiger partial charge in [0.05, 0.1) is 18.7 Å². The van der Waals surface area contributed by atoms with Crippen molar-refractivity contribution in [2.24, 2.45) is 5.92 Å². The van der Waals surface area contributed by atoms with Crippen molar-refractivity contribution in [3.63, 3.8) is 0 Å². The van der Waals surface area contributed by atoms with Crippen molar-refractivity contribution < 1.29 is 19.4 Å². The van der Waals surface area contributed by atoms with Crippen LogP contribution in [0.2, 0.25) is 0 Å². The van der Waals surface area contributed by atoms with Gasteiger partial charge in [-0.2, -0.15) is 0 Å². The Labute approximate surface area is 157 Å². The molecular weight excluding hydrogens is 350 g/mol. The average Bonchev–Trinajstić information content (AvgIpc) is 3.25. The van der Waals surface area contributed by atoms with Crippen LogP contribution in [0.4, 0.5) is 5.95 Å². The number of carboxylic acids is 1. The highest BCUT2D eigenvalue weighted by atomic mass is 16.5. The van der Waals surface area contributed by atoms with Crippen molar-refractivity contribution in [1.82, 2.24) is 19.8 Å². The lowest BCUT2D eigenvalue weighted by Crippen LogP contribution is -2.50. The molecule has 0 saturated carbocycles. The summed E-state index contributed by atoms with van der Waals surface area (Å²) in [6.45, 7) is 6.17. The van der Waals surface area contributed by atoms with Crippen LogP contribution in [0, 0.1) is 5.92 Å². The van der Waals surface area contributed by atoms with E-state index in [0.717, 1.165) is 18.5 Å². The van der Waals surface area contributed by atoms with E-state index in [9.17, 15) is 9.59 Å². The minimum atomic E-state index is -0.961. The Kier molecular flexibility index (Phi) is 4.51. The highest BCUT2D eigenvalue weighted by Gasteiger charge is 2.64. The SMILES string of the molecule is CC(C)[C@@H]1CO[C@@]23CCN(Cc4cnc(NCC(=O)O)nc4)[C@@H]2CC(=O)N13. The fourth-order valence-corrected chi connectivity index (χ4v) is 4.56. The standard InChI is InChI=1S/C18H25N5O4/c1-11(2)13-10-27-18-3-4-22(14(18)5-15(24)23(13)18)9-12-6-19-17(20-7-12)21-8-16(25)26/h6-7,11,13-14H,3-5,8-10H2,1-2H3,(H,25,26)(H,19,20,21)/t13-,14+,18-/m0/s1. The second-order valence-corrected chi connectivity index (χ2v) is 7.83. The Morgan fingerprint density at radius 1 is 1.44 bits per heavy atom. The molecule has 2 N–H and O–H groups in total. The fraction of sp³-hybridized carbons (Fsp3) is 0.667. The molecule has 0 radical (unpaired) electrons. The third-order valence-corrected chi connectivity index (χ3v) is 5.86. The van der Waals surface area contributed by atoms with Gasteiger partial charge in [0.25, 0.3) is 0 Å². The third kappa shape index (κ3) is 3.04. The lowest BCUT2D eigenvalue weighted by molar-refractivity contribution is -0.139. The van der Waals surface area contributed by atoms with Gasteiger partial charge in [-0.25, -0.2) is 9.97 Å². The number of carbonyl (C=O) groups excluding carboxylic acids is 1. The zero-order valence-corrected chi connectivity index (χ0v) is 15.6. The van der Waals surface area contributed by atoms with Crippen molar-refractivity contribution >= 4 is 17.8 Å². The molecule has 0 aliphatic carbocycles. The van der Waals surface area contributed by atoms with Crippen LogP contribution in [0.1, 0.15) is 32.3 Å². The normalized spacial score (nSPS) is 30.0. The molecule has 146 valence electrons. The number of rotatable bonds is 6. The van der Waals surface area contributed by atoms with Crippen LogP contribution in [0.5, 0.6) is 0 Å². The molecule has 3 aliphatic rings. The van der Waals surface area contributed by atoms with Crippen LogP contribution in [0.3, 0.4) is 0 Å². The number of ether oxygens (including phenoxy) is 1. The molecule has 27 heavy (non-hydrogen) atoms. The minimum Gasteiger partial charge on any atom is -0.480 e. The Hall–Kier alpha value is -2.26. The van der Waals surface area contributed by atoms with E-state index in [1.807, 2.05) is 4.90 Å². The van der Waals surface area contributed by atoms with Gasteiger partial charge in [-0.3, -0.25) is 14.5 Å². The number of carboxylic acid groups (broad SMARTS) is 1. The van der Waals surface area contributed by atoms with Crippen molar-refractivity contribution in [3.8, 4) is 0 Å². The molecule has 4 rings (SSSR count). The summed E-state index contributed by atoms with van der Waals surface area (Å²) in [5.74, 6) is -0.109. The van der Waals surface area contributed by atoms with Gasteiger partial charge in [0.15, 0.2) is 5.72 Å². The second kappa shape index (κ2) is 6.72. The van der Waals surface area contributed by atoms with Crippen LogP contribution in [-0.2, 0) is 20.9 Å². The van der Waals surface area contributed by atoms with Gasteiger partial charge >= 0.3 is 5.97 Å². The topological polar surface area (TPSA) is 108 Å². The van der Waals surface area contributed by atoms with Gasteiger partial charge in [0.2, 0.25) is 11.9 Å². The summed E-state index contributed by atoms with van der Waals surface area (Å²) in [4.78, 5) is 35.9. The van der Waals surface area contributed by atoms with E-state index in [2.05, 4.69) is 34.0 Å². The summed E-state index contributed by atoms with van der Waals surface area (Å²) in [7, 11) is 0. The number of likely N-dealkylation sites (tertiary alicyclic amines) is 1. The number of nitrogens with zero attached hydrogens (tertiary/aromatic N) is 4. The first-order valence-electron chi connectivity index (χ1n) is 9.37. The largest absolute Gasteiger partial charge is 0.480 e. The van der Waals surface area contributed by atoms with E-state index in [-0.39, 0.29) is 24.5 Å². The van der Waals surface area contributed by atoms with Crippen LogP contribution < -0.4 is 5.32 Å². The van der Waals surface area contributed by atoms with Crippen molar-refractivity contribution in [2.75, 3.05) is 25.0 Å². The predicted molar refractivity (Wildman–Crippen MR) is 95.7 cm³/mol. The zero-order valence-electron chi connectivity index (χ0n) is 15.6. The molecule has 3 atom stereocenters. The van der Waals surface area contributed by atoms with Crippen molar-refractivity contribution in [1.29, 1.82) is 0 Å². The van der Waals surface area contributed by atoms with Crippen LogP contribution in [-0.4, -0.2) is 74.3 Å². The van der Waals surface area contributed by atoms with Gasteiger partial charge in [0.1, 0.15) is 6.54 Å². The van der Waals surface area contributed by atoms with Crippen molar-refractivity contribution in [3.05, 3.63) is 18.0 Å². The quantitative estimate of drug-likeness (QED) is 0.741. The fourth-order valence-electron chi connectivity index (χ4n) is 4.56. The van der Waals surface area contributed by atoms with Crippen LogP contribution >= 0.6 is 0 Å². The zero-order chi connectivity index (χ0) is 19.2. The summed E-state index contributed by atoms with van der Waals surface area (Å²) in [5, 5.41) is 11.3. The monoisotopic (exact) mass is 375 g/mol. The lowest BCUT2D eigenvalue weighted by Gasteiger charge is -2.34. The number of anilines is 1. The van der Waals surface area contributed by atoms with Gasteiger partial charge < -0.3 is 20.1 Å². The Balaban J connectivity index is 1.45. The van der Waals surface area contributed by atoms with E-state index in [1.54, 1.807) is 12.4 Å². The average molecular weight is 375 g/mol. The molecule has 1 aromatic heterocycles. The summed E-state index contributed by atoms with van der Waals surface area (Å²) in [5.41, 5.74) is 0.452. The lowest BCUT2D eigenvalue weighted by atomic mass is 10.0. The number of aromatic nitrogens is 2. The molecule has 0 bridgehead atoms. The maximum Gasteiger partial charge on any atom is 0.322 e. The smallest absolute Gasteiger partial charge is 0.322 e. The number of nitrogens with one attached hydrogen (secondary N) is 1. The minimum absolute atomic E-state index is 0.0542. The molecule has 9 heteroatoms. The Morgan fingerprint density at radius 3 is 2.85 bits per heavy atom. The van der Waals surface area contributed by atoms with E-state index in [4.69, 9.17) is 9.84 Å². The first-order valence-corrected chi connectivity index (χ1v) is 9.37. The van der Waals surface area contributed by atoms with Gasteiger partial charge in [-0.1, -0.05) is 13.8 Å². The second-order valence-electron chi connectivity index (χ2n) is 7.83. The van der Waals surface area contributed by atoms with Gasteiger partial charge in [-0.15, -0.1) is 0 Å². The molecule has 3 aliphatic heterocycles. The molecule has 9 nitrogen and oxygen atoms in total. The first-order chi connectivity index (χ1) is 12.9. The van der Waals surface area contributed by atoms with Crippen molar-refractivity contribution in [2.45, 2.75) is 51.0 Å². The number of hydrogen-bond donors (Lipinski definition) is 2. The molecule has 4 heterocycles. The van der Waals surface area contributed by atoms with Crippen LogP contribution in [0.25, 0.3) is 0 Å². The molecule has 3 fully saturated rings. The van der Waals surface area contributed by atoms with E-state index < -0.39 is 11.7 Å². The summed E-state index contributed by atoms with van der Waals surface area (Å²) < 4.78 is 6.24. The maximum absolute atomic E-state index is 12.7. The summed E-state index contributed by atoms with van der Waals surface area (Å²) >= 11 is 0. The van der Waals surface area contributed by atoms with E-state index in [0.29, 0.717) is 31.4 Å². The number of amides is 1. The van der Waals surface area contributed by atoms with Gasteiger partial charge in [-0.05, 0) is 5.92 Å². The number of aliphatic carboxylic acids is 1. The predicted octanol–water partition coefficient (Wildman–Crippen LogP) is 0.531. The highest BCUT2D eigenvalue weighted by Crippen LogP contribution is 2.49. The Morgan fingerprint density at radius 2 is 2.19 bits per heavy atom. The molecule has 0 aromatic carbocycles. The van der Waals surface area contributed by atoms with E-state index >= 15 is 0 Å². The molecule has 1 amide bonds. The number of carbonyl (C=O) groups is 2. The Bertz CT molecular complexity index is 740. The van der Waals surface area contributed by atoms with E-state index in [1.165, 1.54) is 0 Å². The molecular formula is C18H25N5O4. The maximum atomic E-state index is 12.7. The summed E-state index contributed by atoms with van der Waals surface area (Å²) in [6, 6.07) is 0.212. The first kappa shape index (κ1) is 18.1. The van der Waals surface area contributed by atoms with Gasteiger partial charge in [0, 0.05) is 43.9 Å². The highest BCUT2D eigenvalue weighted by molar-refractivity contribution is 5.82. The molecule has 1 spiro atoms. The third-order valence-electron chi connectivity index (χ3n) is 5.86. The molecule has 1 aromatic rings. The molecule has 3 saturated heterocycles. The van der Waals surface area contributed by atoms with Crippen LogP contribution in [0.15, 0.2) is 12.4 Å².